The maximum absolute atomic E-state index is 9.33. The van der Waals surface area contributed by atoms with Gasteiger partial charge in [0.05, 0.1) is 6.10 Å². The lowest BCUT2D eigenvalue weighted by Crippen LogP contribution is -2.34. The highest BCUT2D eigenvalue weighted by molar-refractivity contribution is 6.43. The first-order chi connectivity index (χ1) is 6.02. The quantitative estimate of drug-likeness (QED) is 0.658. The topological polar surface area (TPSA) is 29.5 Å². The Morgan fingerprint density at radius 1 is 1.77 bits per heavy atom. The SMILES string of the molecule is C=C(C)C1=CCB(O)OC1C(C)C. The van der Waals surface area contributed by atoms with Gasteiger partial charge in [0, 0.05) is 6.32 Å². The second kappa shape index (κ2) is 4.12. The maximum atomic E-state index is 9.33. The van der Waals surface area contributed by atoms with Gasteiger partial charge in [0.25, 0.3) is 0 Å². The standard InChI is InChI=1S/C10H17BO2/c1-7(2)9-5-6-11(12)13-10(9)8(3)4/h5,8,10,12H,1,6H2,2-4H3. The highest BCUT2D eigenvalue weighted by Gasteiger charge is 2.29. The van der Waals surface area contributed by atoms with Crippen LogP contribution in [0.4, 0.5) is 0 Å². The summed E-state index contributed by atoms with van der Waals surface area (Å²) in [4.78, 5) is 0. The van der Waals surface area contributed by atoms with E-state index in [0.29, 0.717) is 12.2 Å². The summed E-state index contributed by atoms with van der Waals surface area (Å²) < 4.78 is 5.45. The van der Waals surface area contributed by atoms with Crippen LogP contribution in [0.3, 0.4) is 0 Å². The molecular weight excluding hydrogens is 163 g/mol. The predicted molar refractivity (Wildman–Crippen MR) is 55.4 cm³/mol. The second-order valence-corrected chi connectivity index (χ2v) is 3.93. The van der Waals surface area contributed by atoms with Crippen LogP contribution in [-0.4, -0.2) is 18.2 Å². The first-order valence-corrected chi connectivity index (χ1v) is 4.72. The van der Waals surface area contributed by atoms with Crippen molar-refractivity contribution < 1.29 is 9.68 Å². The van der Waals surface area contributed by atoms with Gasteiger partial charge in [-0.15, -0.1) is 0 Å². The minimum absolute atomic E-state index is 0.00116. The minimum Gasteiger partial charge on any atom is -0.427 e. The van der Waals surface area contributed by atoms with Crippen molar-refractivity contribution in [3.63, 3.8) is 0 Å². The van der Waals surface area contributed by atoms with Crippen LogP contribution in [0.2, 0.25) is 6.32 Å². The maximum Gasteiger partial charge on any atom is 0.458 e. The van der Waals surface area contributed by atoms with Gasteiger partial charge in [0.2, 0.25) is 0 Å². The molecule has 1 aliphatic heterocycles. The van der Waals surface area contributed by atoms with Crippen LogP contribution in [0, 0.1) is 5.92 Å². The van der Waals surface area contributed by atoms with Crippen LogP contribution in [0.15, 0.2) is 23.8 Å². The first kappa shape index (κ1) is 10.5. The zero-order valence-corrected chi connectivity index (χ0v) is 8.58. The van der Waals surface area contributed by atoms with Gasteiger partial charge in [0.15, 0.2) is 0 Å². The lowest BCUT2D eigenvalue weighted by molar-refractivity contribution is 0.150. The molecule has 0 aromatic heterocycles. The molecule has 1 aliphatic rings. The summed E-state index contributed by atoms with van der Waals surface area (Å²) in [5.41, 5.74) is 2.17. The van der Waals surface area contributed by atoms with Crippen LogP contribution < -0.4 is 0 Å². The molecule has 1 atom stereocenters. The van der Waals surface area contributed by atoms with E-state index >= 15 is 0 Å². The van der Waals surface area contributed by atoms with Gasteiger partial charge in [-0.3, -0.25) is 0 Å². The normalized spacial score (nSPS) is 23.3. The molecule has 13 heavy (non-hydrogen) atoms. The fourth-order valence-electron chi connectivity index (χ4n) is 1.58. The van der Waals surface area contributed by atoms with Crippen molar-refractivity contribution in [1.82, 2.24) is 0 Å². The largest absolute Gasteiger partial charge is 0.458 e. The molecule has 1 heterocycles. The molecule has 72 valence electrons. The van der Waals surface area contributed by atoms with Gasteiger partial charge in [-0.25, -0.2) is 0 Å². The van der Waals surface area contributed by atoms with Crippen LogP contribution in [-0.2, 0) is 4.65 Å². The second-order valence-electron chi connectivity index (χ2n) is 3.93. The van der Waals surface area contributed by atoms with Crippen molar-refractivity contribution in [1.29, 1.82) is 0 Å². The number of hydrogen-bond donors (Lipinski definition) is 1. The van der Waals surface area contributed by atoms with Crippen LogP contribution in [0.1, 0.15) is 20.8 Å². The molecule has 0 saturated carbocycles. The molecule has 0 spiro atoms. The van der Waals surface area contributed by atoms with Gasteiger partial charge in [-0.1, -0.05) is 32.1 Å². The molecule has 0 aromatic rings. The van der Waals surface area contributed by atoms with E-state index in [0.717, 1.165) is 11.1 Å². The van der Waals surface area contributed by atoms with E-state index in [9.17, 15) is 5.02 Å². The van der Waals surface area contributed by atoms with E-state index in [2.05, 4.69) is 20.4 Å². The summed E-state index contributed by atoms with van der Waals surface area (Å²) >= 11 is 0. The molecule has 0 fully saturated rings. The van der Waals surface area contributed by atoms with Gasteiger partial charge in [-0.05, 0) is 18.4 Å². The van der Waals surface area contributed by atoms with Gasteiger partial charge < -0.3 is 9.68 Å². The van der Waals surface area contributed by atoms with Crippen molar-refractivity contribution in [3.8, 4) is 0 Å². The Kier molecular flexibility index (Phi) is 3.34. The predicted octanol–water partition coefficient (Wildman–Crippen LogP) is 2.02. The van der Waals surface area contributed by atoms with Crippen LogP contribution >= 0.6 is 0 Å². The summed E-state index contributed by atoms with van der Waals surface area (Å²) in [5, 5.41) is 9.33. The van der Waals surface area contributed by atoms with E-state index in [-0.39, 0.29) is 6.10 Å². The van der Waals surface area contributed by atoms with Crippen molar-refractivity contribution in [2.24, 2.45) is 5.92 Å². The zero-order valence-electron chi connectivity index (χ0n) is 8.58. The third-order valence-electron chi connectivity index (χ3n) is 2.25. The Bertz CT molecular complexity index is 233. The summed E-state index contributed by atoms with van der Waals surface area (Å²) in [6, 6.07) is 0. The van der Waals surface area contributed by atoms with Crippen molar-refractivity contribution >= 4 is 7.12 Å². The first-order valence-electron chi connectivity index (χ1n) is 4.72. The fraction of sp³-hybridized carbons (Fsp3) is 0.600. The van der Waals surface area contributed by atoms with Crippen molar-refractivity contribution in [2.45, 2.75) is 33.2 Å². The lowest BCUT2D eigenvalue weighted by Gasteiger charge is -2.30. The molecule has 2 nitrogen and oxygen atoms in total. The fourth-order valence-corrected chi connectivity index (χ4v) is 1.58. The lowest BCUT2D eigenvalue weighted by atomic mass is 9.77. The monoisotopic (exact) mass is 180 g/mol. The molecule has 0 aromatic carbocycles. The highest BCUT2D eigenvalue weighted by Crippen LogP contribution is 2.27. The molecular formula is C10H17BO2. The van der Waals surface area contributed by atoms with E-state index in [1.54, 1.807) is 0 Å². The Morgan fingerprint density at radius 2 is 2.38 bits per heavy atom. The van der Waals surface area contributed by atoms with Crippen molar-refractivity contribution in [2.75, 3.05) is 0 Å². The van der Waals surface area contributed by atoms with E-state index in [1.165, 1.54) is 0 Å². The van der Waals surface area contributed by atoms with Gasteiger partial charge >= 0.3 is 7.12 Å². The van der Waals surface area contributed by atoms with Crippen LogP contribution in [0.25, 0.3) is 0 Å². The molecule has 1 rings (SSSR count). The number of rotatable bonds is 2. The Morgan fingerprint density at radius 3 is 2.85 bits per heavy atom. The molecule has 0 amide bonds. The summed E-state index contributed by atoms with van der Waals surface area (Å²) in [7, 11) is -0.643. The van der Waals surface area contributed by atoms with Crippen LogP contribution in [0.5, 0.6) is 0 Å². The third kappa shape index (κ3) is 2.45. The highest BCUT2D eigenvalue weighted by atomic mass is 16.5. The Balaban J connectivity index is 2.83. The molecule has 0 bridgehead atoms. The summed E-state index contributed by atoms with van der Waals surface area (Å²) in [6.45, 7) is 10.0. The molecule has 1 unspecified atom stereocenters. The number of allylic oxidation sites excluding steroid dienone is 1. The molecule has 0 aliphatic carbocycles. The summed E-state index contributed by atoms with van der Waals surface area (Å²) in [6.07, 6.45) is 2.60. The van der Waals surface area contributed by atoms with Gasteiger partial charge in [-0.2, -0.15) is 0 Å². The summed E-state index contributed by atoms with van der Waals surface area (Å²) in [5.74, 6) is 0.373. The van der Waals surface area contributed by atoms with E-state index in [1.807, 2.05) is 13.0 Å². The molecule has 0 saturated heterocycles. The average Bonchev–Trinajstić information content (AvgIpc) is 2.03. The third-order valence-corrected chi connectivity index (χ3v) is 2.25. The van der Waals surface area contributed by atoms with E-state index < -0.39 is 7.12 Å². The molecule has 1 N–H and O–H groups in total. The minimum atomic E-state index is -0.643. The Labute approximate surface area is 80.4 Å². The van der Waals surface area contributed by atoms with Crippen molar-refractivity contribution in [3.05, 3.63) is 23.8 Å². The smallest absolute Gasteiger partial charge is 0.427 e. The Hall–Kier alpha value is -0.535. The van der Waals surface area contributed by atoms with Gasteiger partial charge in [0.1, 0.15) is 0 Å². The molecule has 3 heteroatoms. The number of hydrogen-bond acceptors (Lipinski definition) is 2. The average molecular weight is 180 g/mol. The zero-order chi connectivity index (χ0) is 10.0. The van der Waals surface area contributed by atoms with E-state index in [4.69, 9.17) is 4.65 Å². The molecule has 0 radical (unpaired) electrons.